The molecule has 10 heteroatoms. The first-order valence-electron chi connectivity index (χ1n) is 11.0. The average molecular weight is 483 g/mol. The normalized spacial score (nSPS) is 13.4. The lowest BCUT2D eigenvalue weighted by molar-refractivity contribution is 0.140. The zero-order valence-electron chi connectivity index (χ0n) is 18.4. The van der Waals surface area contributed by atoms with E-state index in [9.17, 15) is 9.90 Å². The van der Waals surface area contributed by atoms with Gasteiger partial charge in [-0.05, 0) is 37.1 Å². The van der Waals surface area contributed by atoms with Crippen LogP contribution in [0, 0.1) is 0 Å². The molecule has 1 aromatic carbocycles. The number of rotatable bonds is 8. The molecule has 1 amide bonds. The van der Waals surface area contributed by atoms with Gasteiger partial charge in [-0.3, -0.25) is 4.68 Å². The molecule has 3 N–H and O–H groups in total. The van der Waals surface area contributed by atoms with Gasteiger partial charge in [0.05, 0.1) is 28.0 Å². The van der Waals surface area contributed by atoms with Crippen LogP contribution in [0.4, 0.5) is 9.80 Å². The quantitative estimate of drug-likeness (QED) is 0.323. The van der Waals surface area contributed by atoms with Gasteiger partial charge in [0.25, 0.3) is 0 Å². The van der Waals surface area contributed by atoms with E-state index < -0.39 is 6.09 Å². The van der Waals surface area contributed by atoms with Gasteiger partial charge in [0.2, 0.25) is 0 Å². The van der Waals surface area contributed by atoms with Gasteiger partial charge in [0.1, 0.15) is 5.01 Å². The summed E-state index contributed by atoms with van der Waals surface area (Å²) in [6, 6.07) is 8.19. The predicted molar refractivity (Wildman–Crippen MR) is 133 cm³/mol. The van der Waals surface area contributed by atoms with Crippen molar-refractivity contribution >= 4 is 44.0 Å². The van der Waals surface area contributed by atoms with E-state index in [0.29, 0.717) is 13.1 Å². The molecule has 172 valence electrons. The molecule has 0 radical (unpaired) electrons. The number of thiazole rings is 1. The Balaban J connectivity index is 1.31. The molecule has 1 aliphatic rings. The van der Waals surface area contributed by atoms with Crippen LogP contribution in [-0.4, -0.2) is 50.5 Å². The Kier molecular flexibility index (Phi) is 6.30. The number of fused-ring (bicyclic) bond motifs is 2. The van der Waals surface area contributed by atoms with Crippen molar-refractivity contribution in [3.05, 3.63) is 52.7 Å². The molecule has 0 bridgehead atoms. The number of amides is 1. The van der Waals surface area contributed by atoms with Crippen LogP contribution in [0.15, 0.2) is 36.7 Å². The van der Waals surface area contributed by atoms with Gasteiger partial charge in [-0.1, -0.05) is 12.1 Å². The Morgan fingerprint density at radius 2 is 2.12 bits per heavy atom. The van der Waals surface area contributed by atoms with Crippen LogP contribution >= 0.6 is 22.7 Å². The zero-order chi connectivity index (χ0) is 22.8. The third-order valence-corrected chi connectivity index (χ3v) is 7.97. The second-order valence-electron chi connectivity index (χ2n) is 8.13. The van der Waals surface area contributed by atoms with Crippen LogP contribution in [0.1, 0.15) is 22.4 Å². The molecule has 5 rings (SSSR count). The van der Waals surface area contributed by atoms with Crippen molar-refractivity contribution in [1.82, 2.24) is 25.0 Å². The highest BCUT2D eigenvalue weighted by Crippen LogP contribution is 2.45. The minimum Gasteiger partial charge on any atom is -0.465 e. The lowest BCUT2D eigenvalue weighted by Gasteiger charge is -2.24. The predicted octanol–water partition coefficient (Wildman–Crippen LogP) is 4.39. The largest absolute Gasteiger partial charge is 0.465 e. The molecule has 0 saturated carbocycles. The molecule has 8 nitrogen and oxygen atoms in total. The molecule has 0 aliphatic carbocycles. The third kappa shape index (κ3) is 4.73. The van der Waals surface area contributed by atoms with Gasteiger partial charge >= 0.3 is 6.09 Å². The minimum atomic E-state index is -0.857. The maximum Gasteiger partial charge on any atom is 0.407 e. The highest BCUT2D eigenvalue weighted by molar-refractivity contribution is 7.22. The number of aromatic nitrogens is 3. The number of thiophene rings is 1. The fraction of sp³-hybridized carbons (Fsp3) is 0.348. The number of carboxylic acid groups (broad SMARTS) is 1. The van der Waals surface area contributed by atoms with E-state index in [1.807, 2.05) is 42.3 Å². The maximum absolute atomic E-state index is 11.5. The van der Waals surface area contributed by atoms with E-state index in [1.54, 1.807) is 22.7 Å². The Morgan fingerprint density at radius 3 is 2.91 bits per heavy atom. The summed E-state index contributed by atoms with van der Waals surface area (Å²) >= 11 is 3.37. The standard InChI is InChI=1S/C23H26N6O2S2/c1-28-13-15(12-26-28)11-24-8-4-9-25-21-20(22-27-17-5-2-3-6-18(17)32-22)16-7-10-29(23(30)31)14-19(16)33-21/h2-3,5-6,12-13,24-25H,4,7-11,14H2,1H3,(H,30,31). The summed E-state index contributed by atoms with van der Waals surface area (Å²) in [5, 5.41) is 22.8. The van der Waals surface area contributed by atoms with Gasteiger partial charge in [0.15, 0.2) is 0 Å². The molecule has 0 atom stereocenters. The topological polar surface area (TPSA) is 95.3 Å². The number of hydrogen-bond acceptors (Lipinski definition) is 7. The van der Waals surface area contributed by atoms with Crippen molar-refractivity contribution in [3.8, 4) is 10.6 Å². The number of nitrogens with one attached hydrogen (secondary N) is 2. The first-order valence-corrected chi connectivity index (χ1v) is 12.6. The second kappa shape index (κ2) is 9.50. The first kappa shape index (κ1) is 21.9. The number of nitrogens with zero attached hydrogens (tertiary/aromatic N) is 4. The minimum absolute atomic E-state index is 0.446. The van der Waals surface area contributed by atoms with Crippen LogP contribution in [0.5, 0.6) is 0 Å². The number of aryl methyl sites for hydroxylation is 1. The Hall–Kier alpha value is -2.95. The van der Waals surface area contributed by atoms with Crippen molar-refractivity contribution in [2.45, 2.75) is 25.9 Å². The van der Waals surface area contributed by atoms with E-state index in [2.05, 4.69) is 21.8 Å². The molecule has 0 saturated heterocycles. The maximum atomic E-state index is 11.5. The van der Waals surface area contributed by atoms with E-state index in [1.165, 1.54) is 20.7 Å². The summed E-state index contributed by atoms with van der Waals surface area (Å²) in [4.78, 5) is 19.0. The molecule has 3 aromatic heterocycles. The molecule has 4 heterocycles. The monoisotopic (exact) mass is 482 g/mol. The second-order valence-corrected chi connectivity index (χ2v) is 10.3. The van der Waals surface area contributed by atoms with Crippen LogP contribution in [0.25, 0.3) is 20.8 Å². The zero-order valence-corrected chi connectivity index (χ0v) is 20.0. The number of hydrogen-bond donors (Lipinski definition) is 3. The molecular weight excluding hydrogens is 456 g/mol. The lowest BCUT2D eigenvalue weighted by Crippen LogP contribution is -2.34. The lowest BCUT2D eigenvalue weighted by atomic mass is 10.0. The van der Waals surface area contributed by atoms with Crippen molar-refractivity contribution in [3.63, 3.8) is 0 Å². The number of anilines is 1. The van der Waals surface area contributed by atoms with Gasteiger partial charge in [-0.25, -0.2) is 9.78 Å². The van der Waals surface area contributed by atoms with Crippen molar-refractivity contribution in [2.24, 2.45) is 7.05 Å². The van der Waals surface area contributed by atoms with Gasteiger partial charge in [-0.2, -0.15) is 5.10 Å². The van der Waals surface area contributed by atoms with Gasteiger partial charge < -0.3 is 20.6 Å². The Morgan fingerprint density at radius 1 is 1.24 bits per heavy atom. The summed E-state index contributed by atoms with van der Waals surface area (Å²) in [6.45, 7) is 3.51. The van der Waals surface area contributed by atoms with Gasteiger partial charge in [-0.15, -0.1) is 22.7 Å². The summed E-state index contributed by atoms with van der Waals surface area (Å²) in [7, 11) is 1.92. The average Bonchev–Trinajstić information content (AvgIpc) is 3.51. The number of carbonyl (C=O) groups is 1. The molecule has 4 aromatic rings. The molecule has 1 aliphatic heterocycles. The van der Waals surface area contributed by atoms with Crippen LogP contribution in [0.3, 0.4) is 0 Å². The summed E-state index contributed by atoms with van der Waals surface area (Å²) < 4.78 is 2.98. The third-order valence-electron chi connectivity index (χ3n) is 5.74. The Bertz CT molecular complexity index is 1240. The van der Waals surface area contributed by atoms with Crippen molar-refractivity contribution < 1.29 is 9.90 Å². The van der Waals surface area contributed by atoms with E-state index in [4.69, 9.17) is 4.98 Å². The molecular formula is C23H26N6O2S2. The molecule has 0 spiro atoms. The van der Waals surface area contributed by atoms with Gasteiger partial charge in [0, 0.05) is 48.9 Å². The van der Waals surface area contributed by atoms with Crippen LogP contribution in [-0.2, 0) is 26.6 Å². The molecule has 0 fully saturated rings. The fourth-order valence-corrected chi connectivity index (χ4v) is 6.51. The first-order chi connectivity index (χ1) is 16.1. The van der Waals surface area contributed by atoms with Crippen molar-refractivity contribution in [1.29, 1.82) is 0 Å². The fourth-order valence-electron chi connectivity index (χ4n) is 4.11. The smallest absolute Gasteiger partial charge is 0.407 e. The number of benzene rings is 1. The van der Waals surface area contributed by atoms with E-state index in [-0.39, 0.29) is 0 Å². The SMILES string of the molecule is Cn1cc(CNCCCNc2sc3c(c2-c2nc4ccccc4s2)CCN(C(=O)O)C3)cn1. The Labute approximate surface area is 199 Å². The highest BCUT2D eigenvalue weighted by atomic mass is 32.1. The van der Waals surface area contributed by atoms with E-state index in [0.717, 1.165) is 58.4 Å². The summed E-state index contributed by atoms with van der Waals surface area (Å²) in [5.74, 6) is 0. The molecule has 0 unspecified atom stereocenters. The van der Waals surface area contributed by atoms with Crippen LogP contribution < -0.4 is 10.6 Å². The summed E-state index contributed by atoms with van der Waals surface area (Å²) in [5.41, 5.74) is 4.58. The van der Waals surface area contributed by atoms with E-state index >= 15 is 0 Å². The highest BCUT2D eigenvalue weighted by Gasteiger charge is 2.28. The number of para-hydroxylation sites is 1. The molecule has 33 heavy (non-hydrogen) atoms. The summed E-state index contributed by atoms with van der Waals surface area (Å²) in [6.07, 6.45) is 4.74. The van der Waals surface area contributed by atoms with Crippen molar-refractivity contribution in [2.75, 3.05) is 25.0 Å². The van der Waals surface area contributed by atoms with Crippen LogP contribution in [0.2, 0.25) is 0 Å².